The number of halogens is 2. The Morgan fingerprint density at radius 1 is 1.41 bits per heavy atom. The first-order valence-electron chi connectivity index (χ1n) is 6.36. The minimum atomic E-state index is -0.545. The lowest BCUT2D eigenvalue weighted by molar-refractivity contribution is -0.125. The average molecular weight is 320 g/mol. The Bertz CT molecular complexity index is 639. The normalized spacial score (nSPS) is 10.5. The van der Waals surface area contributed by atoms with Crippen LogP contribution >= 0.6 is 11.6 Å². The van der Waals surface area contributed by atoms with Crippen LogP contribution in [0.2, 0.25) is 5.02 Å². The molecule has 1 rings (SSSR count). The maximum absolute atomic E-state index is 13.1. The van der Waals surface area contributed by atoms with Crippen molar-refractivity contribution in [3.8, 4) is 6.07 Å². The smallest absolute Gasteiger partial charge is 0.266 e. The maximum Gasteiger partial charge on any atom is 0.266 e. The van der Waals surface area contributed by atoms with Crippen LogP contribution in [0.5, 0.6) is 0 Å². The highest BCUT2D eigenvalue weighted by Gasteiger charge is 2.16. The molecule has 4 nitrogen and oxygen atoms in total. The average Bonchev–Trinajstić information content (AvgIpc) is 2.51. The highest BCUT2D eigenvalue weighted by molar-refractivity contribution is 6.31. The van der Waals surface area contributed by atoms with E-state index in [1.165, 1.54) is 29.3 Å². The van der Waals surface area contributed by atoms with E-state index in [1.807, 2.05) is 6.07 Å². The molecule has 0 saturated carbocycles. The SMILES string of the molecule is C=CCN(CC=C)C(=O)/C(C#N)=C\Nc1ccc(F)c(Cl)c1. The zero-order valence-corrected chi connectivity index (χ0v) is 12.6. The molecule has 1 N–H and O–H groups in total. The molecule has 22 heavy (non-hydrogen) atoms. The van der Waals surface area contributed by atoms with E-state index in [9.17, 15) is 9.18 Å². The van der Waals surface area contributed by atoms with Crippen molar-refractivity contribution in [2.24, 2.45) is 0 Å². The van der Waals surface area contributed by atoms with Gasteiger partial charge in [-0.1, -0.05) is 23.8 Å². The summed E-state index contributed by atoms with van der Waals surface area (Å²) in [5.41, 5.74) is 0.370. The van der Waals surface area contributed by atoms with E-state index in [0.717, 1.165) is 0 Å². The fourth-order valence-electron chi connectivity index (χ4n) is 1.61. The van der Waals surface area contributed by atoms with Crippen molar-refractivity contribution in [3.05, 3.63) is 66.1 Å². The molecule has 0 heterocycles. The van der Waals surface area contributed by atoms with Crippen LogP contribution < -0.4 is 5.32 Å². The summed E-state index contributed by atoms with van der Waals surface area (Å²) in [4.78, 5) is 13.6. The quantitative estimate of drug-likeness (QED) is 0.475. The van der Waals surface area contributed by atoms with Crippen molar-refractivity contribution in [1.82, 2.24) is 4.90 Å². The second-order valence-corrected chi connectivity index (χ2v) is 4.64. The Morgan fingerprint density at radius 2 is 2.05 bits per heavy atom. The van der Waals surface area contributed by atoms with Gasteiger partial charge in [0.1, 0.15) is 17.5 Å². The first kappa shape index (κ1) is 17.5. The lowest BCUT2D eigenvalue weighted by Crippen LogP contribution is -2.32. The number of anilines is 1. The maximum atomic E-state index is 13.1. The lowest BCUT2D eigenvalue weighted by atomic mass is 10.2. The van der Waals surface area contributed by atoms with Crippen molar-refractivity contribution in [2.45, 2.75) is 0 Å². The molecule has 0 aliphatic heterocycles. The molecule has 0 fully saturated rings. The summed E-state index contributed by atoms with van der Waals surface area (Å²) in [7, 11) is 0. The molecule has 0 saturated heterocycles. The van der Waals surface area contributed by atoms with Crippen molar-refractivity contribution in [1.29, 1.82) is 5.26 Å². The van der Waals surface area contributed by atoms with E-state index in [-0.39, 0.29) is 10.6 Å². The van der Waals surface area contributed by atoms with Gasteiger partial charge in [0.05, 0.1) is 5.02 Å². The van der Waals surface area contributed by atoms with Gasteiger partial charge in [-0.15, -0.1) is 13.2 Å². The van der Waals surface area contributed by atoms with Gasteiger partial charge in [0.25, 0.3) is 5.91 Å². The zero-order valence-electron chi connectivity index (χ0n) is 11.9. The molecule has 6 heteroatoms. The van der Waals surface area contributed by atoms with E-state index >= 15 is 0 Å². The summed E-state index contributed by atoms with van der Waals surface area (Å²) in [6, 6.07) is 5.82. The van der Waals surface area contributed by atoms with Gasteiger partial charge < -0.3 is 10.2 Å². The second-order valence-electron chi connectivity index (χ2n) is 4.23. The number of carbonyl (C=O) groups is 1. The molecule has 1 aromatic carbocycles. The first-order valence-corrected chi connectivity index (χ1v) is 6.74. The van der Waals surface area contributed by atoms with Crippen LogP contribution in [-0.2, 0) is 4.79 Å². The number of benzene rings is 1. The van der Waals surface area contributed by atoms with Gasteiger partial charge in [-0.3, -0.25) is 4.79 Å². The van der Waals surface area contributed by atoms with Gasteiger partial charge in [0.15, 0.2) is 0 Å². The van der Waals surface area contributed by atoms with E-state index in [2.05, 4.69) is 18.5 Å². The minimum absolute atomic E-state index is 0.0526. The Morgan fingerprint density at radius 3 is 2.55 bits per heavy atom. The standard InChI is InChI=1S/C16H15ClFN3O/c1-3-7-21(8-4-2)16(22)12(10-19)11-20-13-5-6-15(18)14(17)9-13/h3-6,9,11,20H,1-2,7-8H2/b12-11-. The lowest BCUT2D eigenvalue weighted by Gasteiger charge is -2.18. The highest BCUT2D eigenvalue weighted by Crippen LogP contribution is 2.19. The van der Waals surface area contributed by atoms with Gasteiger partial charge in [0.2, 0.25) is 0 Å². The number of hydrogen-bond donors (Lipinski definition) is 1. The van der Waals surface area contributed by atoms with Gasteiger partial charge in [-0.25, -0.2) is 4.39 Å². The van der Waals surface area contributed by atoms with Gasteiger partial charge in [0, 0.05) is 25.0 Å². The largest absolute Gasteiger partial charge is 0.360 e. The number of nitrogens with one attached hydrogen (secondary N) is 1. The van der Waals surface area contributed by atoms with Gasteiger partial charge >= 0.3 is 0 Å². The summed E-state index contributed by atoms with van der Waals surface area (Å²) in [5, 5.41) is 11.8. The van der Waals surface area contributed by atoms with Crippen LogP contribution in [-0.4, -0.2) is 23.9 Å². The predicted octanol–water partition coefficient (Wildman–Crippen LogP) is 3.50. The molecule has 0 unspecified atom stereocenters. The summed E-state index contributed by atoms with van der Waals surface area (Å²) in [5.74, 6) is -1.00. The van der Waals surface area contributed by atoms with Crippen molar-refractivity contribution >= 4 is 23.2 Å². The Labute approximate surface area is 133 Å². The topological polar surface area (TPSA) is 56.1 Å². The molecule has 0 radical (unpaired) electrons. The summed E-state index contributed by atoms with van der Waals surface area (Å²) in [6.07, 6.45) is 4.37. The molecule has 0 atom stereocenters. The summed E-state index contributed by atoms with van der Waals surface area (Å²) >= 11 is 5.66. The summed E-state index contributed by atoms with van der Waals surface area (Å²) in [6.45, 7) is 7.73. The second kappa shape index (κ2) is 8.65. The van der Waals surface area contributed by atoms with Crippen LogP contribution in [0.4, 0.5) is 10.1 Å². The number of nitriles is 1. The van der Waals surface area contributed by atoms with Crippen LogP contribution in [0, 0.1) is 17.1 Å². The molecule has 0 aliphatic rings. The fraction of sp³-hybridized carbons (Fsp3) is 0.125. The number of amides is 1. The highest BCUT2D eigenvalue weighted by atomic mass is 35.5. The molecule has 1 amide bonds. The number of hydrogen-bond acceptors (Lipinski definition) is 3. The monoisotopic (exact) mass is 319 g/mol. The van der Waals surface area contributed by atoms with Crippen molar-refractivity contribution in [3.63, 3.8) is 0 Å². The van der Waals surface area contributed by atoms with E-state index < -0.39 is 11.7 Å². The number of carbonyl (C=O) groups excluding carboxylic acids is 1. The van der Waals surface area contributed by atoms with Crippen LogP contribution in [0.15, 0.2) is 55.3 Å². The third kappa shape index (κ3) is 4.76. The molecule has 0 spiro atoms. The molecular weight excluding hydrogens is 305 g/mol. The van der Waals surface area contributed by atoms with E-state index in [0.29, 0.717) is 18.8 Å². The molecule has 114 valence electrons. The third-order valence-electron chi connectivity index (χ3n) is 2.64. The Hall–Kier alpha value is -2.58. The Kier molecular flexibility index (Phi) is 6.87. The molecule has 0 aliphatic carbocycles. The third-order valence-corrected chi connectivity index (χ3v) is 2.93. The Balaban J connectivity index is 2.91. The van der Waals surface area contributed by atoms with Crippen LogP contribution in [0.1, 0.15) is 0 Å². The number of rotatable bonds is 7. The zero-order chi connectivity index (χ0) is 16.5. The summed E-state index contributed by atoms with van der Waals surface area (Å²) < 4.78 is 13.1. The van der Waals surface area contributed by atoms with Gasteiger partial charge in [-0.05, 0) is 18.2 Å². The molecule has 0 bridgehead atoms. The molecular formula is C16H15ClFN3O. The predicted molar refractivity (Wildman–Crippen MR) is 85.7 cm³/mol. The van der Waals surface area contributed by atoms with Crippen molar-refractivity contribution < 1.29 is 9.18 Å². The van der Waals surface area contributed by atoms with E-state index in [1.54, 1.807) is 12.2 Å². The van der Waals surface area contributed by atoms with E-state index in [4.69, 9.17) is 16.9 Å². The fourth-order valence-corrected chi connectivity index (χ4v) is 1.79. The van der Waals surface area contributed by atoms with Crippen LogP contribution in [0.25, 0.3) is 0 Å². The molecule has 1 aromatic rings. The minimum Gasteiger partial charge on any atom is -0.360 e. The van der Waals surface area contributed by atoms with Gasteiger partial charge in [-0.2, -0.15) is 5.26 Å². The van der Waals surface area contributed by atoms with Crippen LogP contribution in [0.3, 0.4) is 0 Å². The number of nitrogens with zero attached hydrogens (tertiary/aromatic N) is 2. The van der Waals surface area contributed by atoms with Crippen molar-refractivity contribution in [2.75, 3.05) is 18.4 Å². The first-order chi connectivity index (χ1) is 10.5. The molecule has 0 aromatic heterocycles.